The Labute approximate surface area is 184 Å². The second kappa shape index (κ2) is 12.9. The number of nitrogens with zero attached hydrogens (tertiary/aromatic N) is 2. The first-order valence-corrected chi connectivity index (χ1v) is 11.9. The van der Waals surface area contributed by atoms with Crippen molar-refractivity contribution in [3.63, 3.8) is 0 Å². The summed E-state index contributed by atoms with van der Waals surface area (Å²) in [7, 11) is 4.56. The number of unbranched alkanes of at least 4 members (excludes halogenated alkanes) is 2. The highest BCUT2D eigenvalue weighted by atomic mass is 16.1. The van der Waals surface area contributed by atoms with Gasteiger partial charge in [-0.25, -0.2) is 0 Å². The molecule has 0 amide bonds. The monoisotopic (exact) mass is 422 g/mol. The fourth-order valence-corrected chi connectivity index (χ4v) is 3.60. The zero-order valence-electron chi connectivity index (χ0n) is 20.4. The molecule has 0 spiro atoms. The molecule has 0 saturated heterocycles. The fourth-order valence-electron chi connectivity index (χ4n) is 3.60. The zero-order valence-corrected chi connectivity index (χ0v) is 20.4. The summed E-state index contributed by atoms with van der Waals surface area (Å²) in [5.41, 5.74) is 0.848. The average Bonchev–Trinajstić information content (AvgIpc) is 2.75. The van der Waals surface area contributed by atoms with Crippen molar-refractivity contribution in [2.45, 2.75) is 53.4 Å². The molecule has 6 nitrogen and oxygen atoms in total. The molecule has 1 aliphatic carbocycles. The van der Waals surface area contributed by atoms with Gasteiger partial charge in [-0.2, -0.15) is 0 Å². The maximum Gasteiger partial charge on any atom is 0.203 e. The van der Waals surface area contributed by atoms with Crippen LogP contribution < -0.4 is 10.6 Å². The summed E-state index contributed by atoms with van der Waals surface area (Å²) in [4.78, 5) is 24.7. The molecular formula is C24H46N4O2+2. The Morgan fingerprint density at radius 3 is 1.27 bits per heavy atom. The van der Waals surface area contributed by atoms with Gasteiger partial charge in [0.25, 0.3) is 0 Å². The average molecular weight is 423 g/mol. The van der Waals surface area contributed by atoms with Gasteiger partial charge in [0, 0.05) is 25.2 Å². The summed E-state index contributed by atoms with van der Waals surface area (Å²) in [6, 6.07) is 0. The van der Waals surface area contributed by atoms with E-state index in [1.807, 2.05) is 0 Å². The maximum absolute atomic E-state index is 12.4. The van der Waals surface area contributed by atoms with Gasteiger partial charge in [0.1, 0.15) is 0 Å². The minimum atomic E-state index is -0.110. The Hall–Kier alpha value is -1.66. The molecule has 6 heteroatoms. The van der Waals surface area contributed by atoms with E-state index in [-0.39, 0.29) is 11.6 Å². The number of ketones is 2. The summed E-state index contributed by atoms with van der Waals surface area (Å²) in [6.07, 6.45) is 7.10. The number of hydrogen-bond acceptors (Lipinski definition) is 4. The molecule has 172 valence electrons. The second-order valence-electron chi connectivity index (χ2n) is 9.06. The topological polar surface area (TPSA) is 58.2 Å². The molecule has 0 radical (unpaired) electrons. The van der Waals surface area contributed by atoms with Crippen LogP contribution in [0.25, 0.3) is 0 Å². The molecule has 0 aromatic rings. The smallest absolute Gasteiger partial charge is 0.203 e. The number of quaternary nitrogens is 2. The van der Waals surface area contributed by atoms with Crippen molar-refractivity contribution in [3.05, 3.63) is 23.5 Å². The largest absolute Gasteiger partial charge is 0.382 e. The summed E-state index contributed by atoms with van der Waals surface area (Å²) < 4.78 is 2.15. The highest BCUT2D eigenvalue weighted by Crippen LogP contribution is 2.10. The quantitative estimate of drug-likeness (QED) is 0.228. The van der Waals surface area contributed by atoms with Crippen molar-refractivity contribution in [1.82, 2.24) is 10.6 Å². The van der Waals surface area contributed by atoms with E-state index < -0.39 is 0 Å². The van der Waals surface area contributed by atoms with Crippen molar-refractivity contribution in [2.24, 2.45) is 0 Å². The van der Waals surface area contributed by atoms with E-state index in [2.05, 4.69) is 52.4 Å². The van der Waals surface area contributed by atoms with Crippen LogP contribution in [0.3, 0.4) is 0 Å². The molecule has 0 aromatic carbocycles. The van der Waals surface area contributed by atoms with Gasteiger partial charge in [-0.15, -0.1) is 0 Å². The fraction of sp³-hybridized carbons (Fsp3) is 0.750. The first kappa shape index (κ1) is 26.4. The van der Waals surface area contributed by atoms with E-state index in [9.17, 15) is 9.59 Å². The summed E-state index contributed by atoms with van der Waals surface area (Å²) in [5.74, 6) is -0.220. The Balaban J connectivity index is 2.33. The Morgan fingerprint density at radius 1 is 0.633 bits per heavy atom. The van der Waals surface area contributed by atoms with E-state index in [4.69, 9.17) is 0 Å². The van der Waals surface area contributed by atoms with Gasteiger partial charge in [-0.1, -0.05) is 0 Å². The first-order valence-electron chi connectivity index (χ1n) is 11.9. The van der Waals surface area contributed by atoms with Gasteiger partial charge in [-0.05, 0) is 53.4 Å². The number of nitrogens with one attached hydrogen (secondary N) is 2. The maximum atomic E-state index is 12.4. The molecule has 1 aliphatic rings. The van der Waals surface area contributed by atoms with Gasteiger partial charge in [0.05, 0.1) is 64.8 Å². The minimum absolute atomic E-state index is 0.110. The number of allylic oxidation sites excluding steroid dienone is 2. The van der Waals surface area contributed by atoms with Crippen LogP contribution in [-0.4, -0.2) is 87.0 Å². The molecule has 0 heterocycles. The lowest BCUT2D eigenvalue weighted by molar-refractivity contribution is -0.906. The molecule has 0 atom stereocenters. The molecular weight excluding hydrogens is 376 g/mol. The number of rotatable bonds is 16. The lowest BCUT2D eigenvalue weighted by Gasteiger charge is -2.32. The van der Waals surface area contributed by atoms with Gasteiger partial charge in [0.15, 0.2) is 0 Å². The van der Waals surface area contributed by atoms with Gasteiger partial charge in [-0.3, -0.25) is 9.59 Å². The van der Waals surface area contributed by atoms with Crippen LogP contribution in [0.4, 0.5) is 0 Å². The summed E-state index contributed by atoms with van der Waals surface area (Å²) in [6.45, 7) is 17.2. The van der Waals surface area contributed by atoms with E-state index in [1.54, 1.807) is 0 Å². The van der Waals surface area contributed by atoms with Crippen molar-refractivity contribution in [3.8, 4) is 0 Å². The highest BCUT2D eigenvalue weighted by molar-refractivity contribution is 6.19. The second-order valence-corrected chi connectivity index (χ2v) is 9.06. The summed E-state index contributed by atoms with van der Waals surface area (Å²) >= 11 is 0. The minimum Gasteiger partial charge on any atom is -0.382 e. The normalized spacial score (nSPS) is 15.1. The molecule has 1 rings (SSSR count). The predicted molar refractivity (Wildman–Crippen MR) is 125 cm³/mol. The Bertz CT molecular complexity index is 563. The van der Waals surface area contributed by atoms with Gasteiger partial charge < -0.3 is 19.6 Å². The van der Waals surface area contributed by atoms with Gasteiger partial charge in [0.2, 0.25) is 11.6 Å². The number of carbonyl (C=O) groups excluding carboxylic acids is 2. The Kier molecular flexibility index (Phi) is 11.3. The van der Waals surface area contributed by atoms with E-state index in [0.29, 0.717) is 11.4 Å². The molecule has 30 heavy (non-hydrogen) atoms. The lowest BCUT2D eigenvalue weighted by atomic mass is 10.1. The lowest BCUT2D eigenvalue weighted by Crippen LogP contribution is -2.44. The molecule has 0 unspecified atom stereocenters. The molecule has 0 bridgehead atoms. The predicted octanol–water partition coefficient (Wildman–Crippen LogP) is 2.62. The molecule has 0 saturated carbocycles. The van der Waals surface area contributed by atoms with Crippen LogP contribution in [-0.2, 0) is 9.59 Å². The van der Waals surface area contributed by atoms with E-state index in [1.165, 1.54) is 12.2 Å². The van der Waals surface area contributed by atoms with Crippen LogP contribution in [0.2, 0.25) is 0 Å². The summed E-state index contributed by atoms with van der Waals surface area (Å²) in [5, 5.41) is 6.32. The number of carbonyl (C=O) groups is 2. The SMILES string of the molecule is CC[N+](C)(CC)CCCCNC1=CC(=O)C(NCCCC[N+](C)(CC)CC)=CC1=O. The molecule has 0 aromatic heterocycles. The van der Waals surface area contributed by atoms with Crippen LogP contribution >= 0.6 is 0 Å². The van der Waals surface area contributed by atoms with Gasteiger partial charge >= 0.3 is 0 Å². The molecule has 0 fully saturated rings. The van der Waals surface area contributed by atoms with Crippen LogP contribution in [0.1, 0.15) is 53.4 Å². The van der Waals surface area contributed by atoms with Crippen molar-refractivity contribution in [1.29, 1.82) is 0 Å². The molecule has 2 N–H and O–H groups in total. The first-order chi connectivity index (χ1) is 14.2. The zero-order chi connectivity index (χ0) is 22.6. The molecule has 0 aliphatic heterocycles. The number of hydrogen-bond donors (Lipinski definition) is 2. The van der Waals surface area contributed by atoms with E-state index >= 15 is 0 Å². The van der Waals surface area contributed by atoms with Crippen molar-refractivity contribution >= 4 is 11.6 Å². The van der Waals surface area contributed by atoms with Crippen LogP contribution in [0.5, 0.6) is 0 Å². The highest BCUT2D eigenvalue weighted by Gasteiger charge is 2.20. The third kappa shape index (κ3) is 8.60. The van der Waals surface area contributed by atoms with Crippen molar-refractivity contribution in [2.75, 3.05) is 66.5 Å². The third-order valence-corrected chi connectivity index (χ3v) is 7.02. The standard InChI is InChI=1S/C24H44N4O2/c1-7-27(5,8-2)17-13-11-15-25-21-19-24(30)22(20-23(21)29)26-16-12-14-18-28(6,9-3)10-4/h19-20H,7-18H2,1-6H3/p+2. The van der Waals surface area contributed by atoms with E-state index in [0.717, 1.165) is 87.0 Å². The Morgan fingerprint density at radius 2 is 0.967 bits per heavy atom. The van der Waals surface area contributed by atoms with Crippen LogP contribution in [0.15, 0.2) is 23.5 Å². The van der Waals surface area contributed by atoms with Crippen molar-refractivity contribution < 1.29 is 18.6 Å². The van der Waals surface area contributed by atoms with Crippen LogP contribution in [0, 0.1) is 0 Å². The third-order valence-electron chi connectivity index (χ3n) is 7.02.